The smallest absolute Gasteiger partial charge is 0.294 e. The Kier molecular flexibility index (Phi) is 2.78. The van der Waals surface area contributed by atoms with Gasteiger partial charge in [0.2, 0.25) is 0 Å². The predicted octanol–water partition coefficient (Wildman–Crippen LogP) is 2.57. The highest BCUT2D eigenvalue weighted by molar-refractivity contribution is 5.96. The second kappa shape index (κ2) is 3.53. The molecule has 0 aliphatic heterocycles. The summed E-state index contributed by atoms with van der Waals surface area (Å²) in [4.78, 5) is 11.0. The number of hydrogen-bond acceptors (Lipinski definition) is 2. The molecule has 0 atom stereocenters. The van der Waals surface area contributed by atoms with Gasteiger partial charge in [0.15, 0.2) is 11.5 Å². The molecule has 0 saturated heterocycles. The first kappa shape index (κ1) is 12.6. The van der Waals surface area contributed by atoms with Crippen LogP contribution < -0.4 is 0 Å². The number of aryl methyl sites for hydroxylation is 1. The molecule has 1 rings (SSSR count). The Morgan fingerprint density at radius 2 is 1.75 bits per heavy atom. The van der Waals surface area contributed by atoms with Crippen molar-refractivity contribution in [2.24, 2.45) is 0 Å². The molecule has 0 unspecified atom stereocenters. The lowest BCUT2D eigenvalue weighted by Gasteiger charge is -2.18. The number of nitrogens with one attached hydrogen (secondary N) is 1. The monoisotopic (exact) mass is 242 g/mol. The second-order valence-electron chi connectivity index (χ2n) is 3.20. The van der Waals surface area contributed by atoms with Gasteiger partial charge in [-0.3, -0.25) is 9.89 Å². The third-order valence-electron chi connectivity index (χ3n) is 1.95. The maximum atomic E-state index is 12.9. The van der Waals surface area contributed by atoms with E-state index in [1.807, 2.05) is 5.10 Å². The molecule has 1 aromatic heterocycles. The summed E-state index contributed by atoms with van der Waals surface area (Å²) in [6.45, 7) is 2.09. The number of H-pyrrole nitrogens is 1. The van der Waals surface area contributed by atoms with Gasteiger partial charge >= 0.3 is 12.1 Å². The van der Waals surface area contributed by atoms with Crippen LogP contribution in [0.15, 0.2) is 0 Å². The van der Waals surface area contributed by atoms with Crippen molar-refractivity contribution in [3.8, 4) is 0 Å². The fourth-order valence-electron chi connectivity index (χ4n) is 1.22. The van der Waals surface area contributed by atoms with Crippen LogP contribution in [0.25, 0.3) is 0 Å². The first-order valence-corrected chi connectivity index (χ1v) is 4.10. The number of hydrogen-bond donors (Lipinski definition) is 1. The number of halogens is 5. The van der Waals surface area contributed by atoms with Gasteiger partial charge in [-0.25, -0.2) is 0 Å². The highest BCUT2D eigenvalue weighted by Gasteiger charge is 2.61. The minimum Gasteiger partial charge on any atom is -0.294 e. The Balaban J connectivity index is 3.40. The van der Waals surface area contributed by atoms with Gasteiger partial charge in [0.05, 0.1) is 5.56 Å². The summed E-state index contributed by atoms with van der Waals surface area (Å²) in [6, 6.07) is 0. The molecule has 16 heavy (non-hydrogen) atoms. The number of carbonyl (C=O) groups is 1. The number of nitrogens with zero attached hydrogens (tertiary/aromatic N) is 1. The molecule has 0 spiro atoms. The van der Waals surface area contributed by atoms with Crippen LogP contribution in [0.5, 0.6) is 0 Å². The molecule has 0 radical (unpaired) electrons. The lowest BCUT2D eigenvalue weighted by Crippen LogP contribution is -2.35. The first-order valence-electron chi connectivity index (χ1n) is 4.10. The minimum atomic E-state index is -5.78. The van der Waals surface area contributed by atoms with E-state index in [0.717, 1.165) is 6.92 Å². The first-order chi connectivity index (χ1) is 7.09. The summed E-state index contributed by atoms with van der Waals surface area (Å²) in [5.41, 5.74) is -2.42. The minimum absolute atomic E-state index is 0.119. The lowest BCUT2D eigenvalue weighted by atomic mass is 10.1. The van der Waals surface area contributed by atoms with E-state index in [9.17, 15) is 26.7 Å². The Hall–Kier alpha value is -1.47. The van der Waals surface area contributed by atoms with E-state index in [0.29, 0.717) is 0 Å². The molecule has 1 N–H and O–H groups in total. The third-order valence-corrected chi connectivity index (χ3v) is 1.95. The maximum absolute atomic E-state index is 12.9. The van der Waals surface area contributed by atoms with Crippen LogP contribution in [0.4, 0.5) is 22.0 Å². The van der Waals surface area contributed by atoms with Crippen LogP contribution >= 0.6 is 0 Å². The van der Waals surface area contributed by atoms with Crippen molar-refractivity contribution in [3.05, 3.63) is 17.0 Å². The molecule has 90 valence electrons. The highest BCUT2D eigenvalue weighted by Crippen LogP contribution is 2.44. The standard InChI is InChI=1S/C8H7F5N2O/c1-3-5(4(2)16)6(15-14-3)7(9,10)8(11,12)13/h1-2H3,(H,14,15). The average Bonchev–Trinajstić information content (AvgIpc) is 2.45. The molecule has 3 nitrogen and oxygen atoms in total. The summed E-state index contributed by atoms with van der Waals surface area (Å²) in [5.74, 6) is -6.04. The molecule has 0 aliphatic rings. The molecule has 0 bridgehead atoms. The van der Waals surface area contributed by atoms with E-state index < -0.39 is 29.1 Å². The van der Waals surface area contributed by atoms with Crippen molar-refractivity contribution >= 4 is 5.78 Å². The number of aromatic amines is 1. The van der Waals surface area contributed by atoms with Gasteiger partial charge in [-0.05, 0) is 13.8 Å². The summed E-state index contributed by atoms with van der Waals surface area (Å²) in [6.07, 6.45) is -5.78. The quantitative estimate of drug-likeness (QED) is 0.639. The molecular weight excluding hydrogens is 235 g/mol. The van der Waals surface area contributed by atoms with Gasteiger partial charge in [-0.1, -0.05) is 0 Å². The number of carbonyl (C=O) groups excluding carboxylic acids is 1. The highest BCUT2D eigenvalue weighted by atomic mass is 19.4. The zero-order valence-electron chi connectivity index (χ0n) is 8.25. The Bertz CT molecular complexity index is 421. The van der Waals surface area contributed by atoms with E-state index in [1.54, 1.807) is 0 Å². The Morgan fingerprint density at radius 3 is 2.12 bits per heavy atom. The molecule has 0 aliphatic carbocycles. The number of alkyl halides is 5. The molecule has 1 heterocycles. The van der Waals surface area contributed by atoms with E-state index in [4.69, 9.17) is 0 Å². The molecular formula is C8H7F5N2O. The van der Waals surface area contributed by atoms with E-state index in [1.165, 1.54) is 6.92 Å². The summed E-state index contributed by atoms with van der Waals surface area (Å²) in [7, 11) is 0. The third kappa shape index (κ3) is 1.79. The van der Waals surface area contributed by atoms with E-state index in [2.05, 4.69) is 5.10 Å². The van der Waals surface area contributed by atoms with Gasteiger partial charge in [0, 0.05) is 5.69 Å². The van der Waals surface area contributed by atoms with Crippen LogP contribution in [-0.4, -0.2) is 22.2 Å². The molecule has 0 aromatic carbocycles. The van der Waals surface area contributed by atoms with Gasteiger partial charge in [0.25, 0.3) is 0 Å². The van der Waals surface area contributed by atoms with Gasteiger partial charge < -0.3 is 0 Å². The van der Waals surface area contributed by atoms with Crippen molar-refractivity contribution in [3.63, 3.8) is 0 Å². The molecule has 0 saturated carbocycles. The SMILES string of the molecule is CC(=O)c1c(C(F)(F)C(F)(F)F)n[nH]c1C. The van der Waals surface area contributed by atoms with Crippen LogP contribution in [0, 0.1) is 6.92 Å². The summed E-state index contributed by atoms with van der Waals surface area (Å²) < 4.78 is 62.0. The van der Waals surface area contributed by atoms with Crippen LogP contribution in [0.3, 0.4) is 0 Å². The number of ketones is 1. The second-order valence-corrected chi connectivity index (χ2v) is 3.20. The van der Waals surface area contributed by atoms with Crippen LogP contribution in [0.1, 0.15) is 28.7 Å². The van der Waals surface area contributed by atoms with Crippen molar-refractivity contribution in [1.82, 2.24) is 10.2 Å². The number of rotatable bonds is 2. The zero-order valence-corrected chi connectivity index (χ0v) is 8.25. The topological polar surface area (TPSA) is 45.8 Å². The Labute approximate surface area is 86.6 Å². The fourth-order valence-corrected chi connectivity index (χ4v) is 1.22. The van der Waals surface area contributed by atoms with E-state index >= 15 is 0 Å². The van der Waals surface area contributed by atoms with Crippen molar-refractivity contribution < 1.29 is 26.7 Å². The molecule has 0 amide bonds. The maximum Gasteiger partial charge on any atom is 0.459 e. The molecule has 1 aromatic rings. The molecule has 0 fully saturated rings. The van der Waals surface area contributed by atoms with Gasteiger partial charge in [-0.15, -0.1) is 0 Å². The van der Waals surface area contributed by atoms with E-state index in [-0.39, 0.29) is 5.69 Å². The van der Waals surface area contributed by atoms with Crippen LogP contribution in [0.2, 0.25) is 0 Å². The van der Waals surface area contributed by atoms with Gasteiger partial charge in [0.1, 0.15) is 0 Å². The average molecular weight is 242 g/mol. The number of aromatic nitrogens is 2. The fraction of sp³-hybridized carbons (Fsp3) is 0.500. The summed E-state index contributed by atoms with van der Waals surface area (Å²) >= 11 is 0. The zero-order chi connectivity index (χ0) is 12.7. The van der Waals surface area contributed by atoms with Crippen molar-refractivity contribution in [1.29, 1.82) is 0 Å². The van der Waals surface area contributed by atoms with Crippen LogP contribution in [-0.2, 0) is 5.92 Å². The lowest BCUT2D eigenvalue weighted by molar-refractivity contribution is -0.291. The number of Topliss-reactive ketones (excluding diaryl/α,β-unsaturated/α-hetero) is 1. The van der Waals surface area contributed by atoms with Crippen molar-refractivity contribution in [2.45, 2.75) is 25.9 Å². The largest absolute Gasteiger partial charge is 0.459 e. The summed E-state index contributed by atoms with van der Waals surface area (Å²) in [5, 5.41) is 4.81. The normalized spacial score (nSPS) is 12.9. The predicted molar refractivity (Wildman–Crippen MR) is 43.3 cm³/mol. The Morgan fingerprint density at radius 1 is 1.25 bits per heavy atom. The molecule has 8 heteroatoms. The van der Waals surface area contributed by atoms with Crippen molar-refractivity contribution in [2.75, 3.05) is 0 Å². The van der Waals surface area contributed by atoms with Gasteiger partial charge in [-0.2, -0.15) is 27.1 Å².